The van der Waals surface area contributed by atoms with E-state index in [1.54, 1.807) is 6.07 Å². The highest BCUT2D eigenvalue weighted by Gasteiger charge is 2.13. The van der Waals surface area contributed by atoms with Crippen molar-refractivity contribution in [3.05, 3.63) is 46.1 Å². The van der Waals surface area contributed by atoms with E-state index in [4.69, 9.17) is 16.7 Å². The van der Waals surface area contributed by atoms with Crippen molar-refractivity contribution in [1.82, 2.24) is 10.3 Å². The summed E-state index contributed by atoms with van der Waals surface area (Å²) in [6, 6.07) is 4.50. The van der Waals surface area contributed by atoms with Crippen molar-refractivity contribution in [1.29, 1.82) is 0 Å². The number of carbonyl (C=O) groups is 1. The van der Waals surface area contributed by atoms with E-state index in [0.717, 1.165) is 11.3 Å². The molecule has 0 bridgehead atoms. The molecule has 0 atom stereocenters. The standard InChI is InChI=1S/C11H10ClN3O3S2/c12-9-6-14-4-3-8(9)11(16)15-5-7-1-2-10(19-7)20(13,17)18/h1-4,6H,5H2,(H,15,16)(H2,13,17,18). The lowest BCUT2D eigenvalue weighted by molar-refractivity contribution is 0.0951. The Morgan fingerprint density at radius 2 is 2.15 bits per heavy atom. The SMILES string of the molecule is NS(=O)(=O)c1ccc(CNC(=O)c2ccncc2Cl)s1. The van der Waals surface area contributed by atoms with Gasteiger partial charge in [-0.1, -0.05) is 11.6 Å². The Morgan fingerprint density at radius 3 is 2.75 bits per heavy atom. The summed E-state index contributed by atoms with van der Waals surface area (Å²) in [7, 11) is -3.70. The van der Waals surface area contributed by atoms with Crippen LogP contribution < -0.4 is 10.5 Å². The van der Waals surface area contributed by atoms with Crippen LogP contribution in [0, 0.1) is 0 Å². The zero-order chi connectivity index (χ0) is 14.8. The summed E-state index contributed by atoms with van der Waals surface area (Å²) in [6.07, 6.45) is 2.84. The Balaban J connectivity index is 2.04. The lowest BCUT2D eigenvalue weighted by Crippen LogP contribution is -2.22. The third-order valence-electron chi connectivity index (χ3n) is 2.36. The number of thiophene rings is 1. The molecule has 0 fully saturated rings. The monoisotopic (exact) mass is 331 g/mol. The fourth-order valence-electron chi connectivity index (χ4n) is 1.43. The lowest BCUT2D eigenvalue weighted by Gasteiger charge is -2.04. The van der Waals surface area contributed by atoms with Crippen LogP contribution in [0.3, 0.4) is 0 Å². The molecular weight excluding hydrogens is 322 g/mol. The van der Waals surface area contributed by atoms with Crippen LogP contribution in [0.15, 0.2) is 34.8 Å². The van der Waals surface area contributed by atoms with Crippen LogP contribution in [0.5, 0.6) is 0 Å². The van der Waals surface area contributed by atoms with E-state index in [2.05, 4.69) is 10.3 Å². The van der Waals surface area contributed by atoms with Gasteiger partial charge in [0.2, 0.25) is 10.0 Å². The molecular formula is C11H10ClN3O3S2. The van der Waals surface area contributed by atoms with Gasteiger partial charge in [0.05, 0.1) is 17.1 Å². The molecule has 0 aliphatic heterocycles. The molecule has 0 radical (unpaired) electrons. The summed E-state index contributed by atoms with van der Waals surface area (Å²) >= 11 is 6.86. The number of nitrogens with two attached hydrogens (primary N) is 1. The average molecular weight is 332 g/mol. The lowest BCUT2D eigenvalue weighted by atomic mass is 10.2. The van der Waals surface area contributed by atoms with E-state index in [1.165, 1.54) is 24.5 Å². The second kappa shape index (κ2) is 5.88. The summed E-state index contributed by atoms with van der Waals surface area (Å²) in [5.41, 5.74) is 0.310. The molecule has 0 aliphatic carbocycles. The van der Waals surface area contributed by atoms with Crippen LogP contribution in [0.4, 0.5) is 0 Å². The maximum atomic E-state index is 11.9. The van der Waals surface area contributed by atoms with Gasteiger partial charge in [0, 0.05) is 17.3 Å². The van der Waals surface area contributed by atoms with Gasteiger partial charge >= 0.3 is 0 Å². The summed E-state index contributed by atoms with van der Waals surface area (Å²) < 4.78 is 22.3. The molecule has 3 N–H and O–H groups in total. The van der Waals surface area contributed by atoms with Gasteiger partial charge in [0.15, 0.2) is 0 Å². The predicted octanol–water partition coefficient (Wildman–Crippen LogP) is 1.37. The first-order valence-electron chi connectivity index (χ1n) is 5.37. The molecule has 20 heavy (non-hydrogen) atoms. The first kappa shape index (κ1) is 14.9. The van der Waals surface area contributed by atoms with Crippen molar-refractivity contribution in [3.63, 3.8) is 0 Å². The van der Waals surface area contributed by atoms with Crippen LogP contribution in [-0.4, -0.2) is 19.3 Å². The van der Waals surface area contributed by atoms with Crippen molar-refractivity contribution in [2.24, 2.45) is 5.14 Å². The summed E-state index contributed by atoms with van der Waals surface area (Å²) in [5, 5.41) is 7.90. The predicted molar refractivity (Wildman–Crippen MR) is 76.1 cm³/mol. The largest absolute Gasteiger partial charge is 0.347 e. The second-order valence-corrected chi connectivity index (χ2v) is 7.17. The zero-order valence-corrected chi connectivity index (χ0v) is 12.4. The topological polar surface area (TPSA) is 102 Å². The maximum Gasteiger partial charge on any atom is 0.253 e. The van der Waals surface area contributed by atoms with Crippen molar-refractivity contribution in [3.8, 4) is 0 Å². The Labute approximate surface area is 124 Å². The summed E-state index contributed by atoms with van der Waals surface area (Å²) in [5.74, 6) is -0.358. The summed E-state index contributed by atoms with van der Waals surface area (Å²) in [6.45, 7) is 0.192. The molecule has 0 aliphatic rings. The average Bonchev–Trinajstić information content (AvgIpc) is 2.85. The minimum absolute atomic E-state index is 0.0590. The van der Waals surface area contributed by atoms with E-state index in [9.17, 15) is 13.2 Å². The molecule has 0 saturated heterocycles. The number of primary sulfonamides is 1. The van der Waals surface area contributed by atoms with Gasteiger partial charge in [0.25, 0.3) is 5.91 Å². The van der Waals surface area contributed by atoms with E-state index < -0.39 is 10.0 Å². The van der Waals surface area contributed by atoms with Crippen molar-refractivity contribution in [2.75, 3.05) is 0 Å². The highest BCUT2D eigenvalue weighted by Crippen LogP contribution is 2.20. The fraction of sp³-hybridized carbons (Fsp3) is 0.0909. The Morgan fingerprint density at radius 1 is 1.40 bits per heavy atom. The molecule has 2 aromatic heterocycles. The van der Waals surface area contributed by atoms with Crippen LogP contribution in [-0.2, 0) is 16.6 Å². The molecule has 0 spiro atoms. The number of halogens is 1. The van der Waals surface area contributed by atoms with Gasteiger partial charge in [0.1, 0.15) is 4.21 Å². The van der Waals surface area contributed by atoms with Crippen molar-refractivity contribution in [2.45, 2.75) is 10.8 Å². The molecule has 106 valence electrons. The number of nitrogens with one attached hydrogen (secondary N) is 1. The molecule has 9 heteroatoms. The molecule has 0 aromatic carbocycles. The minimum atomic E-state index is -3.70. The van der Waals surface area contributed by atoms with E-state index in [0.29, 0.717) is 10.4 Å². The van der Waals surface area contributed by atoms with E-state index in [-0.39, 0.29) is 21.7 Å². The van der Waals surface area contributed by atoms with Crippen molar-refractivity contribution >= 4 is 38.9 Å². The van der Waals surface area contributed by atoms with Gasteiger partial charge < -0.3 is 5.32 Å². The number of aromatic nitrogens is 1. The minimum Gasteiger partial charge on any atom is -0.347 e. The third kappa shape index (κ3) is 3.54. The Kier molecular flexibility index (Phi) is 4.39. The number of amides is 1. The number of nitrogens with zero attached hydrogens (tertiary/aromatic N) is 1. The Hall–Kier alpha value is -1.48. The third-order valence-corrected chi connectivity index (χ3v) is 5.18. The quantitative estimate of drug-likeness (QED) is 0.883. The molecule has 2 aromatic rings. The van der Waals surface area contributed by atoms with Crippen LogP contribution in [0.1, 0.15) is 15.2 Å². The maximum absolute atomic E-state index is 11.9. The van der Waals surface area contributed by atoms with Crippen LogP contribution in [0.2, 0.25) is 5.02 Å². The number of hydrogen-bond acceptors (Lipinski definition) is 5. The molecule has 2 rings (SSSR count). The zero-order valence-electron chi connectivity index (χ0n) is 10.0. The number of sulfonamides is 1. The normalized spacial score (nSPS) is 11.3. The van der Waals surface area contributed by atoms with Gasteiger partial charge in [-0.05, 0) is 18.2 Å². The number of rotatable bonds is 4. The summed E-state index contributed by atoms with van der Waals surface area (Å²) in [4.78, 5) is 16.3. The molecule has 0 unspecified atom stereocenters. The van der Waals surface area contributed by atoms with Crippen LogP contribution >= 0.6 is 22.9 Å². The van der Waals surface area contributed by atoms with Gasteiger partial charge in [-0.3, -0.25) is 9.78 Å². The Bertz CT molecular complexity index is 743. The number of hydrogen-bond donors (Lipinski definition) is 2. The number of carbonyl (C=O) groups excluding carboxylic acids is 1. The van der Waals surface area contributed by atoms with Crippen LogP contribution in [0.25, 0.3) is 0 Å². The number of pyridine rings is 1. The molecule has 1 amide bonds. The molecule has 0 saturated carbocycles. The van der Waals surface area contributed by atoms with Crippen molar-refractivity contribution < 1.29 is 13.2 Å². The van der Waals surface area contributed by atoms with E-state index >= 15 is 0 Å². The highest BCUT2D eigenvalue weighted by molar-refractivity contribution is 7.91. The second-order valence-electron chi connectivity index (χ2n) is 3.80. The van der Waals surface area contributed by atoms with Gasteiger partial charge in [-0.2, -0.15) is 0 Å². The van der Waals surface area contributed by atoms with Gasteiger partial charge in [-0.25, -0.2) is 13.6 Å². The van der Waals surface area contributed by atoms with E-state index in [1.807, 2.05) is 0 Å². The first-order valence-corrected chi connectivity index (χ1v) is 8.11. The smallest absolute Gasteiger partial charge is 0.253 e. The molecule has 2 heterocycles. The van der Waals surface area contributed by atoms with Gasteiger partial charge in [-0.15, -0.1) is 11.3 Å². The first-order chi connectivity index (χ1) is 9.38. The fourth-order valence-corrected chi connectivity index (χ4v) is 3.35. The molecule has 6 nitrogen and oxygen atoms in total. The highest BCUT2D eigenvalue weighted by atomic mass is 35.5.